The Kier molecular flexibility index (Phi) is 6.14. The van der Waals surface area contributed by atoms with E-state index in [0.717, 1.165) is 23.8 Å². The summed E-state index contributed by atoms with van der Waals surface area (Å²) in [6.45, 7) is 5.56. The first kappa shape index (κ1) is 21.4. The highest BCUT2D eigenvalue weighted by Gasteiger charge is 2.46. The van der Waals surface area contributed by atoms with Crippen molar-refractivity contribution >= 4 is 29.1 Å². The molecule has 1 heterocycles. The summed E-state index contributed by atoms with van der Waals surface area (Å²) >= 11 is 0. The standard InChI is InChI=1S/C22H22F3N3O2/c1-4-27(5-2)17-12-11-15(19(14-17)30-3)13-18-20(22(23,24)25)26-28(21(18)29)16-9-7-6-8-10-16/h6-14H,4-5H2,1-3H3/b18-13-. The number of alkyl halides is 3. The second kappa shape index (κ2) is 8.61. The highest BCUT2D eigenvalue weighted by Crippen LogP contribution is 2.34. The van der Waals surface area contributed by atoms with Crippen LogP contribution in [0, 0.1) is 0 Å². The fourth-order valence-corrected chi connectivity index (χ4v) is 3.26. The molecule has 1 aliphatic heterocycles. The fourth-order valence-electron chi connectivity index (χ4n) is 3.26. The molecule has 0 unspecified atom stereocenters. The molecule has 0 aromatic heterocycles. The number of ether oxygens (including phenoxy) is 1. The lowest BCUT2D eigenvalue weighted by molar-refractivity contribution is -0.114. The molecule has 3 rings (SSSR count). The number of benzene rings is 2. The smallest absolute Gasteiger partial charge is 0.435 e. The van der Waals surface area contributed by atoms with E-state index in [-0.39, 0.29) is 5.69 Å². The summed E-state index contributed by atoms with van der Waals surface area (Å²) in [6.07, 6.45) is -3.60. The van der Waals surface area contributed by atoms with Gasteiger partial charge in [0.25, 0.3) is 5.91 Å². The van der Waals surface area contributed by atoms with Crippen molar-refractivity contribution in [3.63, 3.8) is 0 Å². The van der Waals surface area contributed by atoms with Crippen molar-refractivity contribution < 1.29 is 22.7 Å². The Morgan fingerprint density at radius 2 is 1.77 bits per heavy atom. The summed E-state index contributed by atoms with van der Waals surface area (Å²) in [7, 11) is 1.44. The Morgan fingerprint density at radius 1 is 1.10 bits per heavy atom. The van der Waals surface area contributed by atoms with Gasteiger partial charge in [-0.3, -0.25) is 4.79 Å². The molecule has 0 spiro atoms. The summed E-state index contributed by atoms with van der Waals surface area (Å²) < 4.78 is 46.3. The SMILES string of the molecule is CCN(CC)c1ccc(/C=C2\C(=O)N(c3ccccc3)N=C2C(F)(F)F)c(OC)c1. The number of anilines is 2. The number of para-hydroxylation sites is 1. The second-order valence-electron chi connectivity index (χ2n) is 6.56. The predicted molar refractivity (Wildman–Crippen MR) is 112 cm³/mol. The van der Waals surface area contributed by atoms with Crippen molar-refractivity contribution in [1.29, 1.82) is 0 Å². The molecule has 158 valence electrons. The highest BCUT2D eigenvalue weighted by molar-refractivity contribution is 6.34. The largest absolute Gasteiger partial charge is 0.496 e. The van der Waals surface area contributed by atoms with E-state index < -0.39 is 23.4 Å². The van der Waals surface area contributed by atoms with Crippen LogP contribution in [-0.2, 0) is 4.79 Å². The molecule has 0 saturated carbocycles. The Balaban J connectivity index is 2.07. The van der Waals surface area contributed by atoms with Gasteiger partial charge in [-0.25, -0.2) is 0 Å². The number of hydrazone groups is 1. The van der Waals surface area contributed by atoms with Gasteiger partial charge in [-0.15, -0.1) is 0 Å². The second-order valence-corrected chi connectivity index (χ2v) is 6.56. The van der Waals surface area contributed by atoms with Crippen LogP contribution in [0.1, 0.15) is 19.4 Å². The van der Waals surface area contributed by atoms with E-state index in [0.29, 0.717) is 11.3 Å². The third kappa shape index (κ3) is 4.17. The Labute approximate surface area is 173 Å². The van der Waals surface area contributed by atoms with E-state index in [4.69, 9.17) is 4.74 Å². The summed E-state index contributed by atoms with van der Waals surface area (Å²) in [5, 5.41) is 4.34. The minimum absolute atomic E-state index is 0.261. The van der Waals surface area contributed by atoms with Gasteiger partial charge >= 0.3 is 6.18 Å². The molecule has 0 aliphatic carbocycles. The predicted octanol–water partition coefficient (Wildman–Crippen LogP) is 4.89. The van der Waals surface area contributed by atoms with Gasteiger partial charge in [0.05, 0.1) is 18.4 Å². The zero-order valence-corrected chi connectivity index (χ0v) is 16.9. The minimum Gasteiger partial charge on any atom is -0.496 e. The number of hydrogen-bond acceptors (Lipinski definition) is 4. The highest BCUT2D eigenvalue weighted by atomic mass is 19.4. The number of methoxy groups -OCH3 is 1. The summed E-state index contributed by atoms with van der Waals surface area (Å²) in [6, 6.07) is 13.2. The first-order valence-corrected chi connectivity index (χ1v) is 9.50. The number of hydrogen-bond donors (Lipinski definition) is 0. The van der Waals surface area contributed by atoms with Crippen molar-refractivity contribution in [3.05, 3.63) is 59.7 Å². The lowest BCUT2D eigenvalue weighted by Crippen LogP contribution is -2.25. The number of nitrogens with zero attached hydrogens (tertiary/aromatic N) is 3. The van der Waals surface area contributed by atoms with E-state index in [1.807, 2.05) is 13.8 Å². The van der Waals surface area contributed by atoms with Crippen LogP contribution in [0.4, 0.5) is 24.5 Å². The first-order valence-electron chi connectivity index (χ1n) is 9.50. The van der Waals surface area contributed by atoms with Crippen LogP contribution in [0.3, 0.4) is 0 Å². The van der Waals surface area contributed by atoms with Crippen LogP contribution >= 0.6 is 0 Å². The first-order chi connectivity index (χ1) is 14.3. The van der Waals surface area contributed by atoms with E-state index in [1.54, 1.807) is 36.4 Å². The molecule has 5 nitrogen and oxygen atoms in total. The average molecular weight is 417 g/mol. The lowest BCUT2D eigenvalue weighted by atomic mass is 10.0. The van der Waals surface area contributed by atoms with Crippen molar-refractivity contribution in [3.8, 4) is 5.75 Å². The fraction of sp³-hybridized carbons (Fsp3) is 0.273. The van der Waals surface area contributed by atoms with Crippen LogP contribution in [-0.4, -0.2) is 38.0 Å². The molecule has 0 fully saturated rings. The van der Waals surface area contributed by atoms with Gasteiger partial charge in [-0.1, -0.05) is 18.2 Å². The van der Waals surface area contributed by atoms with Gasteiger partial charge < -0.3 is 9.64 Å². The number of halogens is 3. The molecule has 0 bridgehead atoms. The minimum atomic E-state index is -4.78. The monoisotopic (exact) mass is 417 g/mol. The van der Waals surface area contributed by atoms with Crippen LogP contribution in [0.25, 0.3) is 6.08 Å². The van der Waals surface area contributed by atoms with E-state index in [1.165, 1.54) is 25.3 Å². The van der Waals surface area contributed by atoms with Gasteiger partial charge in [0.1, 0.15) is 5.75 Å². The molecular formula is C22H22F3N3O2. The molecule has 0 atom stereocenters. The van der Waals surface area contributed by atoms with Crippen molar-refractivity contribution in [2.24, 2.45) is 5.10 Å². The summed E-state index contributed by atoms with van der Waals surface area (Å²) in [5.41, 5.74) is -0.251. The average Bonchev–Trinajstić information content (AvgIpc) is 3.07. The maximum atomic E-state index is 13.6. The van der Waals surface area contributed by atoms with Crippen molar-refractivity contribution in [1.82, 2.24) is 0 Å². The summed E-state index contributed by atoms with van der Waals surface area (Å²) in [5.74, 6) is -0.470. The quantitative estimate of drug-likeness (QED) is 0.629. The topological polar surface area (TPSA) is 45.1 Å². The lowest BCUT2D eigenvalue weighted by Gasteiger charge is -2.22. The number of carbonyl (C=O) groups excluding carboxylic acids is 1. The van der Waals surface area contributed by atoms with E-state index in [9.17, 15) is 18.0 Å². The van der Waals surface area contributed by atoms with Crippen molar-refractivity contribution in [2.45, 2.75) is 20.0 Å². The molecular weight excluding hydrogens is 395 g/mol. The van der Waals surface area contributed by atoms with Gasteiger partial charge in [-0.2, -0.15) is 23.3 Å². The zero-order chi connectivity index (χ0) is 21.9. The Hall–Kier alpha value is -3.29. The normalized spacial score (nSPS) is 15.5. The van der Waals surface area contributed by atoms with Crippen LogP contribution in [0.5, 0.6) is 5.75 Å². The van der Waals surface area contributed by atoms with Gasteiger partial charge in [0.2, 0.25) is 0 Å². The van der Waals surface area contributed by atoms with E-state index in [2.05, 4.69) is 10.0 Å². The van der Waals surface area contributed by atoms with Gasteiger partial charge in [-0.05, 0) is 44.2 Å². The Bertz CT molecular complexity index is 981. The molecule has 1 aliphatic rings. The molecule has 2 aromatic carbocycles. The van der Waals surface area contributed by atoms with Crippen molar-refractivity contribution in [2.75, 3.05) is 30.1 Å². The molecule has 0 N–H and O–H groups in total. The molecule has 8 heteroatoms. The van der Waals surface area contributed by atoms with Crippen LogP contribution in [0.2, 0.25) is 0 Å². The summed E-state index contributed by atoms with van der Waals surface area (Å²) in [4.78, 5) is 14.9. The van der Waals surface area contributed by atoms with Crippen LogP contribution in [0.15, 0.2) is 59.2 Å². The number of carbonyl (C=O) groups is 1. The van der Waals surface area contributed by atoms with Crippen LogP contribution < -0.4 is 14.6 Å². The maximum absolute atomic E-state index is 13.6. The number of amides is 1. The van der Waals surface area contributed by atoms with Gasteiger partial charge in [0, 0.05) is 30.4 Å². The third-order valence-electron chi connectivity index (χ3n) is 4.79. The molecule has 0 saturated heterocycles. The molecule has 0 radical (unpaired) electrons. The Morgan fingerprint density at radius 3 is 2.33 bits per heavy atom. The molecule has 30 heavy (non-hydrogen) atoms. The zero-order valence-electron chi connectivity index (χ0n) is 16.9. The van der Waals surface area contributed by atoms with Gasteiger partial charge in [0.15, 0.2) is 5.71 Å². The maximum Gasteiger partial charge on any atom is 0.435 e. The molecule has 2 aromatic rings. The van der Waals surface area contributed by atoms with E-state index >= 15 is 0 Å². The molecule has 1 amide bonds. The third-order valence-corrected chi connectivity index (χ3v) is 4.79. The number of rotatable bonds is 6.